The lowest BCUT2D eigenvalue weighted by Gasteiger charge is -2.35. The van der Waals surface area contributed by atoms with Crippen molar-refractivity contribution in [3.8, 4) is 0 Å². The fourth-order valence-corrected chi connectivity index (χ4v) is 3.96. The second-order valence-electron chi connectivity index (χ2n) is 6.16. The molecule has 0 bridgehead atoms. The lowest BCUT2D eigenvalue weighted by atomic mass is 9.94. The van der Waals surface area contributed by atoms with Crippen LogP contribution in [-0.2, 0) is 6.42 Å². The molecule has 3 nitrogen and oxygen atoms in total. The summed E-state index contributed by atoms with van der Waals surface area (Å²) >= 11 is 6.31. The summed E-state index contributed by atoms with van der Waals surface area (Å²) in [5, 5.41) is 6.66. The number of nitrogens with zero attached hydrogens (tertiary/aromatic N) is 2. The van der Waals surface area contributed by atoms with Crippen LogP contribution in [0, 0.1) is 5.92 Å². The van der Waals surface area contributed by atoms with E-state index in [2.05, 4.69) is 33.4 Å². The first-order chi connectivity index (χ1) is 10.3. The Bertz CT molecular complexity index is 664. The molecule has 2 aromatic rings. The average molecular weight is 302 g/mol. The maximum atomic E-state index is 6.31. The van der Waals surface area contributed by atoms with Crippen molar-refractivity contribution in [1.82, 2.24) is 10.3 Å². The Morgan fingerprint density at radius 3 is 3.00 bits per heavy atom. The number of hydrogen-bond donors (Lipinski definition) is 1. The van der Waals surface area contributed by atoms with Gasteiger partial charge in [-0.25, -0.2) is 4.98 Å². The summed E-state index contributed by atoms with van der Waals surface area (Å²) in [5.41, 5.74) is 2.57. The van der Waals surface area contributed by atoms with Crippen molar-refractivity contribution in [3.63, 3.8) is 0 Å². The smallest absolute Gasteiger partial charge is 0.132 e. The average Bonchev–Trinajstić information content (AvgIpc) is 2.53. The second-order valence-corrected chi connectivity index (χ2v) is 6.52. The van der Waals surface area contributed by atoms with E-state index >= 15 is 0 Å². The molecule has 3 heterocycles. The van der Waals surface area contributed by atoms with Crippen molar-refractivity contribution in [3.05, 3.63) is 35.1 Å². The highest BCUT2D eigenvalue weighted by atomic mass is 35.5. The first kappa shape index (κ1) is 13.4. The fraction of sp³-hybridized carbons (Fsp3) is 0.471. The molecule has 0 spiro atoms. The summed E-state index contributed by atoms with van der Waals surface area (Å²) in [6.07, 6.45) is 5.48. The zero-order chi connectivity index (χ0) is 14.2. The molecule has 21 heavy (non-hydrogen) atoms. The predicted octanol–water partition coefficient (Wildman–Crippen LogP) is 3.25. The Labute approximate surface area is 130 Å². The molecule has 0 saturated carbocycles. The molecule has 1 aromatic carbocycles. The highest BCUT2D eigenvalue weighted by Gasteiger charge is 2.24. The molecule has 4 rings (SSSR count). The van der Waals surface area contributed by atoms with E-state index < -0.39 is 0 Å². The molecular formula is C17H20ClN3. The van der Waals surface area contributed by atoms with Gasteiger partial charge >= 0.3 is 0 Å². The van der Waals surface area contributed by atoms with E-state index in [9.17, 15) is 0 Å². The molecule has 0 amide bonds. The van der Waals surface area contributed by atoms with Gasteiger partial charge in [0.05, 0.1) is 0 Å². The lowest BCUT2D eigenvalue weighted by Crippen LogP contribution is -2.38. The Morgan fingerprint density at radius 2 is 2.14 bits per heavy atom. The summed E-state index contributed by atoms with van der Waals surface area (Å²) in [4.78, 5) is 6.89. The van der Waals surface area contributed by atoms with Gasteiger partial charge in [-0.1, -0.05) is 23.7 Å². The molecule has 0 unspecified atom stereocenters. The quantitative estimate of drug-likeness (QED) is 0.863. The van der Waals surface area contributed by atoms with E-state index in [1.54, 1.807) is 0 Å². The standard InChI is InChI=1S/C17H20ClN3/c18-17-14-6-9-21(11-12-4-7-19-8-5-12)15-3-1-2-13(10-20-17)16(14)15/h1-3,10,12,19H,4-9,11H2. The molecule has 2 aliphatic rings. The topological polar surface area (TPSA) is 28.2 Å². The van der Waals surface area contributed by atoms with E-state index in [0.717, 1.165) is 32.0 Å². The van der Waals surface area contributed by atoms with Gasteiger partial charge in [0.25, 0.3) is 0 Å². The van der Waals surface area contributed by atoms with Gasteiger partial charge in [0.2, 0.25) is 0 Å². The summed E-state index contributed by atoms with van der Waals surface area (Å²) in [5.74, 6) is 0.806. The predicted molar refractivity (Wildman–Crippen MR) is 88.3 cm³/mol. The van der Waals surface area contributed by atoms with Crippen molar-refractivity contribution >= 4 is 28.1 Å². The minimum absolute atomic E-state index is 0.677. The number of anilines is 1. The van der Waals surface area contributed by atoms with E-state index in [-0.39, 0.29) is 0 Å². The van der Waals surface area contributed by atoms with Crippen LogP contribution in [0.25, 0.3) is 10.8 Å². The molecule has 0 aliphatic carbocycles. The summed E-state index contributed by atoms with van der Waals surface area (Å²) in [7, 11) is 0. The van der Waals surface area contributed by atoms with E-state index in [4.69, 9.17) is 11.6 Å². The number of piperidine rings is 1. The molecule has 110 valence electrons. The van der Waals surface area contributed by atoms with E-state index in [0.29, 0.717) is 5.15 Å². The molecule has 1 aromatic heterocycles. The third-order valence-electron chi connectivity index (χ3n) is 4.85. The maximum absolute atomic E-state index is 6.31. The molecule has 1 fully saturated rings. The summed E-state index contributed by atoms with van der Waals surface area (Å²) in [6, 6.07) is 6.51. The fourth-order valence-electron chi connectivity index (χ4n) is 3.73. The molecule has 0 radical (unpaired) electrons. The van der Waals surface area contributed by atoms with Crippen molar-refractivity contribution < 1.29 is 0 Å². The monoisotopic (exact) mass is 301 g/mol. The van der Waals surface area contributed by atoms with Gasteiger partial charge in [0, 0.05) is 41.3 Å². The minimum Gasteiger partial charge on any atom is -0.370 e. The summed E-state index contributed by atoms with van der Waals surface area (Å²) < 4.78 is 0. The maximum Gasteiger partial charge on any atom is 0.132 e. The Balaban J connectivity index is 1.71. The van der Waals surface area contributed by atoms with Gasteiger partial charge in [-0.05, 0) is 44.3 Å². The van der Waals surface area contributed by atoms with Crippen LogP contribution >= 0.6 is 11.6 Å². The van der Waals surface area contributed by atoms with Gasteiger partial charge in [-0.2, -0.15) is 0 Å². The number of benzene rings is 1. The number of aromatic nitrogens is 1. The zero-order valence-electron chi connectivity index (χ0n) is 12.1. The normalized spacial score (nSPS) is 19.2. The van der Waals surface area contributed by atoms with Crippen LogP contribution in [0.1, 0.15) is 18.4 Å². The largest absolute Gasteiger partial charge is 0.370 e. The highest BCUT2D eigenvalue weighted by molar-refractivity contribution is 6.31. The Hall–Kier alpha value is -1.32. The van der Waals surface area contributed by atoms with Crippen LogP contribution in [0.5, 0.6) is 0 Å². The number of hydrogen-bond acceptors (Lipinski definition) is 3. The molecular weight excluding hydrogens is 282 g/mol. The van der Waals surface area contributed by atoms with E-state index in [1.165, 1.54) is 41.4 Å². The first-order valence-corrected chi connectivity index (χ1v) is 8.22. The van der Waals surface area contributed by atoms with Crippen LogP contribution in [0.15, 0.2) is 24.4 Å². The Kier molecular flexibility index (Phi) is 3.48. The molecule has 1 N–H and O–H groups in total. The third-order valence-corrected chi connectivity index (χ3v) is 5.18. The van der Waals surface area contributed by atoms with Gasteiger partial charge in [0.15, 0.2) is 0 Å². The van der Waals surface area contributed by atoms with Gasteiger partial charge in [-0.15, -0.1) is 0 Å². The number of halogens is 1. The first-order valence-electron chi connectivity index (χ1n) is 7.84. The third kappa shape index (κ3) is 2.39. The number of rotatable bonds is 2. The number of nitrogens with one attached hydrogen (secondary N) is 1. The van der Waals surface area contributed by atoms with Crippen LogP contribution in [0.4, 0.5) is 5.69 Å². The minimum atomic E-state index is 0.677. The van der Waals surface area contributed by atoms with Gasteiger partial charge in [0.1, 0.15) is 5.15 Å². The number of pyridine rings is 1. The lowest BCUT2D eigenvalue weighted by molar-refractivity contribution is 0.373. The van der Waals surface area contributed by atoms with Crippen molar-refractivity contribution in [2.24, 2.45) is 5.92 Å². The second kappa shape index (κ2) is 5.47. The van der Waals surface area contributed by atoms with Crippen molar-refractivity contribution in [2.45, 2.75) is 19.3 Å². The highest BCUT2D eigenvalue weighted by Crippen LogP contribution is 2.37. The summed E-state index contributed by atoms with van der Waals surface area (Å²) in [6.45, 7) is 4.55. The molecule has 0 atom stereocenters. The zero-order valence-corrected chi connectivity index (χ0v) is 12.9. The SMILES string of the molecule is Clc1ncc2cccc3c2c1CCN3CC1CCNCC1. The van der Waals surface area contributed by atoms with Crippen molar-refractivity contribution in [1.29, 1.82) is 0 Å². The molecule has 2 aliphatic heterocycles. The van der Waals surface area contributed by atoms with Gasteiger partial charge < -0.3 is 10.2 Å². The Morgan fingerprint density at radius 1 is 1.29 bits per heavy atom. The van der Waals surface area contributed by atoms with Gasteiger partial charge in [-0.3, -0.25) is 0 Å². The molecule has 1 saturated heterocycles. The van der Waals surface area contributed by atoms with Crippen LogP contribution < -0.4 is 10.2 Å². The molecule has 4 heteroatoms. The van der Waals surface area contributed by atoms with Crippen LogP contribution in [-0.4, -0.2) is 31.2 Å². The van der Waals surface area contributed by atoms with Crippen molar-refractivity contribution in [2.75, 3.05) is 31.1 Å². The van der Waals surface area contributed by atoms with Crippen LogP contribution in [0.3, 0.4) is 0 Å². The van der Waals surface area contributed by atoms with Crippen LogP contribution in [0.2, 0.25) is 5.15 Å². The van der Waals surface area contributed by atoms with E-state index in [1.807, 2.05) is 6.20 Å².